The van der Waals surface area contributed by atoms with Gasteiger partial charge >= 0.3 is 0 Å². The molecular formula is C14H15N4. The Morgan fingerprint density at radius 2 is 1.94 bits per heavy atom. The van der Waals surface area contributed by atoms with E-state index < -0.39 is 0 Å². The molecule has 0 bridgehead atoms. The van der Waals surface area contributed by atoms with Crippen LogP contribution in [0.3, 0.4) is 0 Å². The number of benzene rings is 1. The van der Waals surface area contributed by atoms with Gasteiger partial charge in [0.1, 0.15) is 0 Å². The van der Waals surface area contributed by atoms with Gasteiger partial charge in [0.2, 0.25) is 0 Å². The van der Waals surface area contributed by atoms with Crippen molar-refractivity contribution in [2.24, 2.45) is 0 Å². The highest BCUT2D eigenvalue weighted by molar-refractivity contribution is 5.76. The van der Waals surface area contributed by atoms with Crippen LogP contribution in [0.2, 0.25) is 0 Å². The molecule has 2 aromatic rings. The summed E-state index contributed by atoms with van der Waals surface area (Å²) in [6.07, 6.45) is 4.39. The quantitative estimate of drug-likeness (QED) is 0.859. The first-order valence-corrected chi connectivity index (χ1v) is 6.19. The Labute approximate surface area is 107 Å². The van der Waals surface area contributed by atoms with E-state index in [0.29, 0.717) is 0 Å². The van der Waals surface area contributed by atoms with Crippen LogP contribution in [0.15, 0.2) is 36.5 Å². The number of nitrogens with zero attached hydrogens (tertiary/aromatic N) is 3. The maximum atomic E-state index is 4.23. The van der Waals surface area contributed by atoms with E-state index in [2.05, 4.69) is 44.7 Å². The Balaban J connectivity index is 1.99. The lowest BCUT2D eigenvalue weighted by Gasteiger charge is -2.31. The Morgan fingerprint density at radius 1 is 1.11 bits per heavy atom. The predicted octanol–water partition coefficient (Wildman–Crippen LogP) is 1.35. The minimum absolute atomic E-state index is 0.930. The van der Waals surface area contributed by atoms with Crippen molar-refractivity contribution in [3.8, 4) is 11.3 Å². The summed E-state index contributed by atoms with van der Waals surface area (Å²) < 4.78 is 0. The lowest BCUT2D eigenvalue weighted by atomic mass is 10.1. The molecule has 2 heterocycles. The molecule has 18 heavy (non-hydrogen) atoms. The molecule has 1 aliphatic rings. The summed E-state index contributed by atoms with van der Waals surface area (Å²) in [7, 11) is 0. The van der Waals surface area contributed by atoms with E-state index in [4.69, 9.17) is 0 Å². The van der Waals surface area contributed by atoms with Gasteiger partial charge in [-0.05, 0) is 12.1 Å². The van der Waals surface area contributed by atoms with E-state index in [9.17, 15) is 0 Å². The van der Waals surface area contributed by atoms with Crippen molar-refractivity contribution in [1.82, 2.24) is 15.3 Å². The van der Waals surface area contributed by atoms with Crippen molar-refractivity contribution in [3.63, 3.8) is 0 Å². The first-order valence-electron chi connectivity index (χ1n) is 6.19. The minimum Gasteiger partial charge on any atom is -0.368 e. The van der Waals surface area contributed by atoms with Crippen LogP contribution in [0.4, 0.5) is 5.69 Å². The lowest BCUT2D eigenvalue weighted by Crippen LogP contribution is -2.43. The van der Waals surface area contributed by atoms with Crippen molar-refractivity contribution in [2.75, 3.05) is 31.1 Å². The van der Waals surface area contributed by atoms with Crippen LogP contribution in [0.5, 0.6) is 0 Å². The van der Waals surface area contributed by atoms with Gasteiger partial charge in [-0.1, -0.05) is 18.2 Å². The van der Waals surface area contributed by atoms with Crippen LogP contribution in [0.1, 0.15) is 0 Å². The van der Waals surface area contributed by atoms with E-state index in [1.165, 1.54) is 5.69 Å². The molecular weight excluding hydrogens is 224 g/mol. The largest absolute Gasteiger partial charge is 0.368 e. The maximum Gasteiger partial charge on any atom is 0.198 e. The normalized spacial score (nSPS) is 15.7. The second kappa shape index (κ2) is 5.14. The third-order valence-electron chi connectivity index (χ3n) is 3.17. The standard InChI is InChI=1S/C14H15N4/c1-2-4-14(18-9-7-15-8-10-18)12(3-1)13-5-6-16-11-17-13/h1-6,15H,7-10H2. The molecule has 1 aromatic heterocycles. The number of aromatic nitrogens is 2. The maximum absolute atomic E-state index is 4.23. The molecule has 1 aliphatic heterocycles. The molecule has 0 spiro atoms. The molecule has 0 atom stereocenters. The first kappa shape index (κ1) is 11.2. The van der Waals surface area contributed by atoms with E-state index in [1.807, 2.05) is 12.1 Å². The molecule has 0 aliphatic carbocycles. The Hall–Kier alpha value is -1.94. The summed E-state index contributed by atoms with van der Waals surface area (Å²) in [5.74, 6) is 0. The molecule has 0 unspecified atom stereocenters. The van der Waals surface area contributed by atoms with Crippen molar-refractivity contribution < 1.29 is 0 Å². The Bertz CT molecular complexity index is 506. The SMILES string of the molecule is [c]1nccc(-c2ccccc2N2CCNCC2)n1. The Kier molecular flexibility index (Phi) is 3.19. The van der Waals surface area contributed by atoms with E-state index >= 15 is 0 Å². The fourth-order valence-electron chi connectivity index (χ4n) is 2.28. The van der Waals surface area contributed by atoms with Crippen LogP contribution in [0.25, 0.3) is 11.3 Å². The molecule has 1 saturated heterocycles. The average Bonchev–Trinajstić information content (AvgIpc) is 2.49. The second-order valence-electron chi connectivity index (χ2n) is 4.30. The smallest absolute Gasteiger partial charge is 0.198 e. The number of nitrogens with one attached hydrogen (secondary N) is 1. The molecule has 4 heteroatoms. The van der Waals surface area contributed by atoms with Crippen LogP contribution in [-0.2, 0) is 0 Å². The zero-order valence-electron chi connectivity index (χ0n) is 10.1. The summed E-state index contributed by atoms with van der Waals surface area (Å²) in [6.45, 7) is 4.13. The molecule has 4 nitrogen and oxygen atoms in total. The third kappa shape index (κ3) is 2.19. The number of piperazine rings is 1. The summed E-state index contributed by atoms with van der Waals surface area (Å²) >= 11 is 0. The topological polar surface area (TPSA) is 41.1 Å². The van der Waals surface area contributed by atoms with Crippen LogP contribution in [-0.4, -0.2) is 36.1 Å². The van der Waals surface area contributed by atoms with Crippen molar-refractivity contribution in [3.05, 3.63) is 42.9 Å². The number of para-hydroxylation sites is 1. The van der Waals surface area contributed by atoms with Crippen molar-refractivity contribution >= 4 is 5.69 Å². The number of hydrogen-bond donors (Lipinski definition) is 1. The highest BCUT2D eigenvalue weighted by Crippen LogP contribution is 2.29. The Morgan fingerprint density at radius 3 is 2.72 bits per heavy atom. The van der Waals surface area contributed by atoms with E-state index in [-0.39, 0.29) is 0 Å². The number of hydrogen-bond acceptors (Lipinski definition) is 4. The fraction of sp³-hybridized carbons (Fsp3) is 0.286. The third-order valence-corrected chi connectivity index (χ3v) is 3.17. The zero-order valence-corrected chi connectivity index (χ0v) is 10.1. The zero-order chi connectivity index (χ0) is 12.2. The first-order chi connectivity index (χ1) is 8.95. The lowest BCUT2D eigenvalue weighted by molar-refractivity contribution is 0.589. The van der Waals surface area contributed by atoms with Gasteiger partial charge in [0.25, 0.3) is 0 Å². The van der Waals surface area contributed by atoms with E-state index in [0.717, 1.165) is 37.4 Å². The van der Waals surface area contributed by atoms with E-state index in [1.54, 1.807) is 6.20 Å². The summed E-state index contributed by atoms with van der Waals surface area (Å²) in [5.41, 5.74) is 3.32. The number of anilines is 1. The summed E-state index contributed by atoms with van der Waals surface area (Å²) in [4.78, 5) is 10.5. The number of rotatable bonds is 2. The highest BCUT2D eigenvalue weighted by atomic mass is 15.2. The molecule has 3 rings (SSSR count). The van der Waals surface area contributed by atoms with Gasteiger partial charge < -0.3 is 10.2 Å². The predicted molar refractivity (Wildman–Crippen MR) is 71.4 cm³/mol. The van der Waals surface area contributed by atoms with Crippen molar-refractivity contribution in [2.45, 2.75) is 0 Å². The molecule has 91 valence electrons. The minimum atomic E-state index is 0.930. The molecule has 1 N–H and O–H groups in total. The van der Waals surface area contributed by atoms with Gasteiger partial charge in [0.05, 0.1) is 5.69 Å². The van der Waals surface area contributed by atoms with Gasteiger partial charge in [0.15, 0.2) is 6.33 Å². The van der Waals surface area contributed by atoms with Gasteiger partial charge in [-0.15, -0.1) is 0 Å². The van der Waals surface area contributed by atoms with Crippen LogP contribution < -0.4 is 10.2 Å². The van der Waals surface area contributed by atoms with Gasteiger partial charge in [-0.3, -0.25) is 0 Å². The molecule has 0 amide bonds. The fourth-order valence-corrected chi connectivity index (χ4v) is 2.28. The molecule has 1 fully saturated rings. The van der Waals surface area contributed by atoms with Gasteiger partial charge in [-0.2, -0.15) is 0 Å². The molecule has 1 aromatic carbocycles. The van der Waals surface area contributed by atoms with Gasteiger partial charge in [-0.25, -0.2) is 9.97 Å². The average molecular weight is 239 g/mol. The monoisotopic (exact) mass is 239 g/mol. The summed E-state index contributed by atoms with van der Waals surface area (Å²) in [5, 5.41) is 3.37. The molecule has 1 radical (unpaired) electrons. The highest BCUT2D eigenvalue weighted by Gasteiger charge is 2.14. The van der Waals surface area contributed by atoms with Gasteiger partial charge in [0, 0.05) is 43.6 Å². The summed E-state index contributed by atoms with van der Waals surface area (Å²) in [6, 6.07) is 10.3. The van der Waals surface area contributed by atoms with Crippen LogP contribution in [0, 0.1) is 6.33 Å². The molecule has 0 saturated carbocycles. The van der Waals surface area contributed by atoms with Crippen LogP contribution >= 0.6 is 0 Å². The second-order valence-corrected chi connectivity index (χ2v) is 4.30. The van der Waals surface area contributed by atoms with Crippen molar-refractivity contribution in [1.29, 1.82) is 0 Å².